The molecule has 2 rings (SSSR count). The van der Waals surface area contributed by atoms with Crippen LogP contribution >= 0.6 is 11.6 Å². The highest BCUT2D eigenvalue weighted by atomic mass is 35.5. The SMILES string of the molecule is C[C@](Cl)(COc1ncccc1C(N)=O)N(C1CC1)S(=O)(=O)C(F)(F)F. The summed E-state index contributed by atoms with van der Waals surface area (Å²) in [4.78, 5) is 13.0. The van der Waals surface area contributed by atoms with Crippen molar-refractivity contribution in [2.45, 2.75) is 36.3 Å². The molecule has 0 unspecified atom stereocenters. The van der Waals surface area contributed by atoms with Gasteiger partial charge in [0.2, 0.25) is 5.88 Å². The molecule has 0 spiro atoms. The third-order valence-corrected chi connectivity index (χ3v) is 5.59. The number of aromatic nitrogens is 1. The Morgan fingerprint density at radius 1 is 1.48 bits per heavy atom. The summed E-state index contributed by atoms with van der Waals surface area (Å²) in [6, 6.07) is 1.86. The summed E-state index contributed by atoms with van der Waals surface area (Å²) in [5.41, 5.74) is -0.445. The number of carbonyl (C=O) groups excluding carboxylic acids is 1. The van der Waals surface area contributed by atoms with Crippen LogP contribution in [-0.4, -0.2) is 46.8 Å². The molecule has 1 aliphatic rings. The summed E-state index contributed by atoms with van der Waals surface area (Å²) in [7, 11) is -5.65. The molecule has 0 bridgehead atoms. The first-order valence-corrected chi connectivity index (χ1v) is 8.87. The van der Waals surface area contributed by atoms with Crippen LogP contribution in [0.2, 0.25) is 0 Å². The van der Waals surface area contributed by atoms with Gasteiger partial charge < -0.3 is 10.5 Å². The van der Waals surface area contributed by atoms with E-state index < -0.39 is 39.1 Å². The van der Waals surface area contributed by atoms with Crippen molar-refractivity contribution in [3.8, 4) is 5.88 Å². The fraction of sp³-hybridized carbons (Fsp3) is 0.538. The molecule has 0 aromatic carbocycles. The zero-order valence-electron chi connectivity index (χ0n) is 13.0. The predicted molar refractivity (Wildman–Crippen MR) is 82.3 cm³/mol. The minimum atomic E-state index is -5.65. The number of halogens is 4. The van der Waals surface area contributed by atoms with Crippen LogP contribution in [0.1, 0.15) is 30.1 Å². The molecule has 1 saturated carbocycles. The summed E-state index contributed by atoms with van der Waals surface area (Å²) in [6.45, 7) is 0.417. The topological polar surface area (TPSA) is 103 Å². The Morgan fingerprint density at radius 3 is 2.56 bits per heavy atom. The van der Waals surface area contributed by atoms with E-state index in [9.17, 15) is 26.4 Å². The molecule has 1 aliphatic carbocycles. The molecule has 2 N–H and O–H groups in total. The number of hydrogen-bond donors (Lipinski definition) is 1. The molecule has 1 aromatic rings. The van der Waals surface area contributed by atoms with Gasteiger partial charge in [-0.2, -0.15) is 17.5 Å². The first-order valence-electron chi connectivity index (χ1n) is 7.05. The molecule has 1 amide bonds. The first-order chi connectivity index (χ1) is 11.4. The maximum Gasteiger partial charge on any atom is 0.511 e. The number of ether oxygens (including phenoxy) is 1. The number of pyridine rings is 1. The van der Waals surface area contributed by atoms with Crippen LogP contribution < -0.4 is 10.5 Å². The molecule has 7 nitrogen and oxygen atoms in total. The fourth-order valence-electron chi connectivity index (χ4n) is 2.21. The third-order valence-electron chi connectivity index (χ3n) is 3.40. The predicted octanol–water partition coefficient (Wildman–Crippen LogP) is 1.83. The van der Waals surface area contributed by atoms with Gasteiger partial charge in [0.25, 0.3) is 5.91 Å². The van der Waals surface area contributed by atoms with Crippen molar-refractivity contribution in [3.05, 3.63) is 23.9 Å². The number of carbonyl (C=O) groups is 1. The molecule has 12 heteroatoms. The van der Waals surface area contributed by atoms with Crippen molar-refractivity contribution < 1.29 is 31.1 Å². The maximum atomic E-state index is 12.9. The van der Waals surface area contributed by atoms with E-state index >= 15 is 0 Å². The molecule has 0 saturated heterocycles. The quantitative estimate of drug-likeness (QED) is 0.554. The van der Waals surface area contributed by atoms with Gasteiger partial charge in [-0.05, 0) is 31.9 Å². The van der Waals surface area contributed by atoms with Gasteiger partial charge >= 0.3 is 15.5 Å². The molecule has 1 aromatic heterocycles. The second kappa shape index (κ2) is 6.61. The van der Waals surface area contributed by atoms with Crippen LogP contribution in [0.5, 0.6) is 5.88 Å². The van der Waals surface area contributed by atoms with Crippen LogP contribution in [0, 0.1) is 0 Å². The number of hydrogen-bond acceptors (Lipinski definition) is 5. The Balaban J connectivity index is 2.27. The minimum Gasteiger partial charge on any atom is -0.474 e. The van der Waals surface area contributed by atoms with E-state index in [2.05, 4.69) is 4.98 Å². The number of nitrogens with zero attached hydrogens (tertiary/aromatic N) is 2. The maximum absolute atomic E-state index is 12.9. The van der Waals surface area contributed by atoms with Gasteiger partial charge in [-0.15, -0.1) is 0 Å². The third kappa shape index (κ3) is 4.15. The number of nitrogens with two attached hydrogens (primary N) is 1. The summed E-state index contributed by atoms with van der Waals surface area (Å²) >= 11 is 6.09. The van der Waals surface area contributed by atoms with E-state index in [0.29, 0.717) is 0 Å². The van der Waals surface area contributed by atoms with E-state index in [1.165, 1.54) is 18.3 Å². The van der Waals surface area contributed by atoms with Crippen molar-refractivity contribution in [1.82, 2.24) is 9.29 Å². The van der Waals surface area contributed by atoms with Gasteiger partial charge in [-0.3, -0.25) is 4.79 Å². The van der Waals surface area contributed by atoms with Gasteiger partial charge in [0.05, 0.1) is 0 Å². The molecular formula is C13H15ClF3N3O4S. The second-order valence-electron chi connectivity index (χ2n) is 5.63. The molecular weight excluding hydrogens is 387 g/mol. The van der Waals surface area contributed by atoms with Gasteiger partial charge in [0, 0.05) is 12.2 Å². The van der Waals surface area contributed by atoms with Crippen molar-refractivity contribution in [2.24, 2.45) is 5.73 Å². The normalized spacial score (nSPS) is 18.0. The van der Waals surface area contributed by atoms with E-state index in [-0.39, 0.29) is 28.6 Å². The summed E-state index contributed by atoms with van der Waals surface area (Å²) in [6.07, 6.45) is 1.79. The van der Waals surface area contributed by atoms with Crippen molar-refractivity contribution in [1.29, 1.82) is 0 Å². The minimum absolute atomic E-state index is 0.105. The first kappa shape index (κ1) is 19.7. The van der Waals surface area contributed by atoms with Gasteiger partial charge in [0.15, 0.2) is 0 Å². The second-order valence-corrected chi connectivity index (χ2v) is 8.25. The van der Waals surface area contributed by atoms with Gasteiger partial charge in [-0.25, -0.2) is 13.4 Å². The Morgan fingerprint density at radius 2 is 2.08 bits per heavy atom. The zero-order chi connectivity index (χ0) is 19.0. The van der Waals surface area contributed by atoms with Crippen LogP contribution in [0.4, 0.5) is 13.2 Å². The summed E-state index contributed by atoms with van der Waals surface area (Å²) < 4.78 is 67.9. The Hall–Kier alpha value is -1.59. The number of amides is 1. The average molecular weight is 402 g/mol. The van der Waals surface area contributed by atoms with Crippen molar-refractivity contribution in [3.63, 3.8) is 0 Å². The van der Waals surface area contributed by atoms with Crippen LogP contribution in [0.25, 0.3) is 0 Å². The number of alkyl halides is 4. The molecule has 1 atom stereocenters. The Labute approximate surface area is 147 Å². The molecule has 0 radical (unpaired) electrons. The highest BCUT2D eigenvalue weighted by Crippen LogP contribution is 2.42. The summed E-state index contributed by atoms with van der Waals surface area (Å²) in [5.74, 6) is -1.11. The lowest BCUT2D eigenvalue weighted by atomic mass is 10.2. The van der Waals surface area contributed by atoms with Crippen molar-refractivity contribution >= 4 is 27.5 Å². The van der Waals surface area contributed by atoms with Crippen LogP contribution in [0.15, 0.2) is 18.3 Å². The summed E-state index contributed by atoms with van der Waals surface area (Å²) in [5, 5.41) is 0. The molecule has 140 valence electrons. The van der Waals surface area contributed by atoms with E-state index in [0.717, 1.165) is 6.92 Å². The standard InChI is InChI=1S/C13H15ClF3N3O4S/c1-12(14,7-24-11-9(10(18)21)3-2-6-19-11)20(8-4-5-8)25(22,23)13(15,16)17/h2-3,6,8H,4-5,7H2,1H3,(H2,18,21)/t12-/m1/s1. The van der Waals surface area contributed by atoms with Crippen LogP contribution in [0.3, 0.4) is 0 Å². The lowest BCUT2D eigenvalue weighted by Gasteiger charge is -2.35. The zero-order valence-corrected chi connectivity index (χ0v) is 14.5. The largest absolute Gasteiger partial charge is 0.511 e. The Bertz CT molecular complexity index is 766. The van der Waals surface area contributed by atoms with Crippen molar-refractivity contribution in [2.75, 3.05) is 6.61 Å². The van der Waals surface area contributed by atoms with Crippen LogP contribution in [-0.2, 0) is 10.0 Å². The smallest absolute Gasteiger partial charge is 0.474 e. The number of rotatable bonds is 7. The molecule has 0 aliphatic heterocycles. The lowest BCUT2D eigenvalue weighted by molar-refractivity contribution is -0.0516. The highest BCUT2D eigenvalue weighted by Gasteiger charge is 2.59. The highest BCUT2D eigenvalue weighted by molar-refractivity contribution is 7.90. The molecule has 1 fully saturated rings. The number of sulfonamides is 1. The van der Waals surface area contributed by atoms with E-state index in [4.69, 9.17) is 22.1 Å². The van der Waals surface area contributed by atoms with E-state index in [1.807, 2.05) is 0 Å². The fourth-order valence-corrected chi connectivity index (χ4v) is 4.05. The average Bonchev–Trinajstić information content (AvgIpc) is 3.28. The van der Waals surface area contributed by atoms with Gasteiger partial charge in [-0.1, -0.05) is 11.6 Å². The van der Waals surface area contributed by atoms with Gasteiger partial charge in [0.1, 0.15) is 17.2 Å². The molecule has 25 heavy (non-hydrogen) atoms. The monoisotopic (exact) mass is 401 g/mol. The molecule has 1 heterocycles. The Kier molecular flexibility index (Phi) is 5.22. The number of primary amides is 1. The lowest BCUT2D eigenvalue weighted by Crippen LogP contribution is -2.54. The van der Waals surface area contributed by atoms with E-state index in [1.54, 1.807) is 0 Å².